The van der Waals surface area contributed by atoms with Crippen molar-refractivity contribution in [3.63, 3.8) is 0 Å². The van der Waals surface area contributed by atoms with Crippen LogP contribution in [0.15, 0.2) is 48.5 Å². The van der Waals surface area contributed by atoms with E-state index in [1.807, 2.05) is 0 Å². The average molecular weight is 368 g/mol. The van der Waals surface area contributed by atoms with Gasteiger partial charge in [0.05, 0.1) is 17.8 Å². The first-order chi connectivity index (χ1) is 13.0. The number of rotatable bonds is 9. The van der Waals surface area contributed by atoms with Gasteiger partial charge in [-0.15, -0.1) is 0 Å². The SMILES string of the molecule is CCCCNC(=O)c1ccc(NCC(=O)Nc2ccccc2C(N)=O)cc1. The summed E-state index contributed by atoms with van der Waals surface area (Å²) in [6.07, 6.45) is 1.97. The summed E-state index contributed by atoms with van der Waals surface area (Å²) < 4.78 is 0. The highest BCUT2D eigenvalue weighted by Gasteiger charge is 2.10. The molecule has 7 nitrogen and oxygen atoms in total. The summed E-state index contributed by atoms with van der Waals surface area (Å²) in [5.74, 6) is -1.03. The second-order valence-electron chi connectivity index (χ2n) is 6.00. The minimum Gasteiger partial charge on any atom is -0.376 e. The van der Waals surface area contributed by atoms with E-state index < -0.39 is 5.91 Å². The number of hydrogen-bond acceptors (Lipinski definition) is 4. The quantitative estimate of drug-likeness (QED) is 0.509. The summed E-state index contributed by atoms with van der Waals surface area (Å²) in [4.78, 5) is 35.4. The molecule has 0 fully saturated rings. The summed E-state index contributed by atoms with van der Waals surface area (Å²) >= 11 is 0. The molecular weight excluding hydrogens is 344 g/mol. The van der Waals surface area contributed by atoms with Crippen molar-refractivity contribution in [1.82, 2.24) is 5.32 Å². The molecular formula is C20H24N4O3. The smallest absolute Gasteiger partial charge is 0.251 e. The molecule has 0 saturated carbocycles. The normalized spacial score (nSPS) is 10.1. The largest absolute Gasteiger partial charge is 0.376 e. The van der Waals surface area contributed by atoms with Crippen molar-refractivity contribution < 1.29 is 14.4 Å². The number of unbranched alkanes of at least 4 members (excludes halogenated alkanes) is 1. The Labute approximate surface area is 158 Å². The number of nitrogens with two attached hydrogens (primary N) is 1. The lowest BCUT2D eigenvalue weighted by Crippen LogP contribution is -2.25. The molecule has 2 aromatic rings. The maximum atomic E-state index is 12.1. The second kappa shape index (κ2) is 9.96. The number of para-hydroxylation sites is 1. The third kappa shape index (κ3) is 6.14. The van der Waals surface area contributed by atoms with Crippen molar-refractivity contribution in [2.45, 2.75) is 19.8 Å². The lowest BCUT2D eigenvalue weighted by Gasteiger charge is -2.10. The fourth-order valence-corrected chi connectivity index (χ4v) is 2.40. The zero-order valence-corrected chi connectivity index (χ0v) is 15.2. The van der Waals surface area contributed by atoms with Gasteiger partial charge in [0.25, 0.3) is 11.8 Å². The molecule has 0 aliphatic rings. The average Bonchev–Trinajstić information content (AvgIpc) is 2.67. The van der Waals surface area contributed by atoms with Crippen LogP contribution in [0, 0.1) is 0 Å². The molecule has 0 heterocycles. The van der Waals surface area contributed by atoms with Gasteiger partial charge in [0.15, 0.2) is 0 Å². The number of benzene rings is 2. The van der Waals surface area contributed by atoms with Gasteiger partial charge >= 0.3 is 0 Å². The molecule has 3 amide bonds. The topological polar surface area (TPSA) is 113 Å². The number of primary amides is 1. The Morgan fingerprint density at radius 2 is 1.70 bits per heavy atom. The summed E-state index contributed by atoms with van der Waals surface area (Å²) in [6.45, 7) is 2.73. The number of nitrogens with one attached hydrogen (secondary N) is 3. The number of carbonyl (C=O) groups is 3. The minimum absolute atomic E-state index is 0.00907. The minimum atomic E-state index is -0.605. The van der Waals surface area contributed by atoms with Gasteiger partial charge in [-0.05, 0) is 42.8 Å². The van der Waals surface area contributed by atoms with E-state index in [4.69, 9.17) is 5.73 Å². The van der Waals surface area contributed by atoms with Crippen LogP contribution in [0.2, 0.25) is 0 Å². The Morgan fingerprint density at radius 1 is 1.00 bits per heavy atom. The van der Waals surface area contributed by atoms with Gasteiger partial charge in [0, 0.05) is 17.8 Å². The molecule has 0 aliphatic carbocycles. The molecule has 0 spiro atoms. The molecule has 0 radical (unpaired) electrons. The molecule has 2 aromatic carbocycles. The van der Waals surface area contributed by atoms with Crippen molar-refractivity contribution in [2.24, 2.45) is 5.73 Å². The van der Waals surface area contributed by atoms with E-state index in [0.717, 1.165) is 12.8 Å². The monoisotopic (exact) mass is 368 g/mol. The van der Waals surface area contributed by atoms with Gasteiger partial charge in [-0.2, -0.15) is 0 Å². The Hall–Kier alpha value is -3.35. The van der Waals surface area contributed by atoms with Gasteiger partial charge in [-0.1, -0.05) is 25.5 Å². The van der Waals surface area contributed by atoms with Crippen LogP contribution in [0.1, 0.15) is 40.5 Å². The molecule has 2 rings (SSSR count). The van der Waals surface area contributed by atoms with E-state index in [1.165, 1.54) is 0 Å². The zero-order chi connectivity index (χ0) is 19.6. The van der Waals surface area contributed by atoms with Crippen LogP contribution in [0.25, 0.3) is 0 Å². The Morgan fingerprint density at radius 3 is 2.37 bits per heavy atom. The molecule has 7 heteroatoms. The van der Waals surface area contributed by atoms with Gasteiger partial charge in [-0.3, -0.25) is 14.4 Å². The molecule has 0 aliphatic heterocycles. The fourth-order valence-electron chi connectivity index (χ4n) is 2.40. The van der Waals surface area contributed by atoms with Gasteiger partial charge in [-0.25, -0.2) is 0 Å². The molecule has 5 N–H and O–H groups in total. The van der Waals surface area contributed by atoms with E-state index in [-0.39, 0.29) is 23.9 Å². The van der Waals surface area contributed by atoms with Crippen LogP contribution in [-0.2, 0) is 4.79 Å². The maximum Gasteiger partial charge on any atom is 0.251 e. The van der Waals surface area contributed by atoms with E-state index in [0.29, 0.717) is 23.5 Å². The highest BCUT2D eigenvalue weighted by molar-refractivity contribution is 6.03. The van der Waals surface area contributed by atoms with Gasteiger partial charge < -0.3 is 21.7 Å². The maximum absolute atomic E-state index is 12.1. The zero-order valence-electron chi connectivity index (χ0n) is 15.2. The van der Waals surface area contributed by atoms with Gasteiger partial charge in [0.2, 0.25) is 5.91 Å². The standard InChI is InChI=1S/C20H24N4O3/c1-2-3-12-22-20(27)14-8-10-15(11-9-14)23-13-18(25)24-17-7-5-4-6-16(17)19(21)26/h4-11,23H,2-3,12-13H2,1H3,(H2,21,26)(H,22,27)(H,24,25). The number of anilines is 2. The van der Waals surface area contributed by atoms with Crippen LogP contribution in [0.4, 0.5) is 11.4 Å². The van der Waals surface area contributed by atoms with Crippen LogP contribution in [0.3, 0.4) is 0 Å². The predicted molar refractivity (Wildman–Crippen MR) is 106 cm³/mol. The second-order valence-corrected chi connectivity index (χ2v) is 6.00. The van der Waals surface area contributed by atoms with Crippen LogP contribution in [0.5, 0.6) is 0 Å². The molecule has 0 atom stereocenters. The van der Waals surface area contributed by atoms with Crippen LogP contribution < -0.4 is 21.7 Å². The van der Waals surface area contributed by atoms with Crippen LogP contribution >= 0.6 is 0 Å². The van der Waals surface area contributed by atoms with E-state index in [1.54, 1.807) is 48.5 Å². The lowest BCUT2D eigenvalue weighted by atomic mass is 10.1. The van der Waals surface area contributed by atoms with Crippen molar-refractivity contribution >= 4 is 29.1 Å². The third-order valence-corrected chi connectivity index (χ3v) is 3.88. The Kier molecular flexibility index (Phi) is 7.37. The van der Waals surface area contributed by atoms with E-state index in [9.17, 15) is 14.4 Å². The van der Waals surface area contributed by atoms with Crippen molar-refractivity contribution in [1.29, 1.82) is 0 Å². The molecule has 142 valence electrons. The molecule has 0 aromatic heterocycles. The Bertz CT molecular complexity index is 803. The third-order valence-electron chi connectivity index (χ3n) is 3.88. The summed E-state index contributed by atoms with van der Waals surface area (Å²) in [6, 6.07) is 13.4. The predicted octanol–water partition coefficient (Wildman–Crippen LogP) is 2.37. The van der Waals surface area contributed by atoms with Crippen molar-refractivity contribution in [2.75, 3.05) is 23.7 Å². The molecule has 0 unspecified atom stereocenters. The molecule has 0 saturated heterocycles. The lowest BCUT2D eigenvalue weighted by molar-refractivity contribution is -0.114. The number of hydrogen-bond donors (Lipinski definition) is 4. The highest BCUT2D eigenvalue weighted by Crippen LogP contribution is 2.14. The molecule has 0 bridgehead atoms. The van der Waals surface area contributed by atoms with Gasteiger partial charge in [0.1, 0.15) is 0 Å². The van der Waals surface area contributed by atoms with Crippen LogP contribution in [-0.4, -0.2) is 30.8 Å². The fraction of sp³-hybridized carbons (Fsp3) is 0.250. The van der Waals surface area contributed by atoms with Crippen molar-refractivity contribution in [3.05, 3.63) is 59.7 Å². The summed E-state index contributed by atoms with van der Waals surface area (Å²) in [5, 5.41) is 8.48. The molecule has 27 heavy (non-hydrogen) atoms. The first kappa shape index (κ1) is 20.0. The number of amides is 3. The van der Waals surface area contributed by atoms with E-state index in [2.05, 4.69) is 22.9 Å². The number of carbonyl (C=O) groups excluding carboxylic acids is 3. The first-order valence-electron chi connectivity index (χ1n) is 8.82. The highest BCUT2D eigenvalue weighted by atomic mass is 16.2. The van der Waals surface area contributed by atoms with E-state index >= 15 is 0 Å². The summed E-state index contributed by atoms with van der Waals surface area (Å²) in [5.41, 5.74) is 7.19. The Balaban J connectivity index is 1.87. The summed E-state index contributed by atoms with van der Waals surface area (Å²) in [7, 11) is 0. The first-order valence-corrected chi connectivity index (χ1v) is 8.82. The van der Waals surface area contributed by atoms with Crippen molar-refractivity contribution in [3.8, 4) is 0 Å².